The molecule has 5 heteroatoms. The zero-order valence-corrected chi connectivity index (χ0v) is 10.3. The van der Waals surface area contributed by atoms with E-state index in [-0.39, 0.29) is 0 Å². The van der Waals surface area contributed by atoms with Gasteiger partial charge in [0.2, 0.25) is 11.2 Å². The summed E-state index contributed by atoms with van der Waals surface area (Å²) in [5.74, 6) is -0.419. The molecule has 2 aromatic carbocycles. The van der Waals surface area contributed by atoms with Gasteiger partial charge in [0, 0.05) is 0 Å². The van der Waals surface area contributed by atoms with Gasteiger partial charge in [-0.3, -0.25) is 0 Å². The van der Waals surface area contributed by atoms with Crippen LogP contribution in [0.25, 0.3) is 11.1 Å². The van der Waals surface area contributed by atoms with Gasteiger partial charge >= 0.3 is 0 Å². The van der Waals surface area contributed by atoms with Gasteiger partial charge < -0.3 is 0 Å². The molecule has 0 radical (unpaired) electrons. The first kappa shape index (κ1) is 13.0. The van der Waals surface area contributed by atoms with Crippen molar-refractivity contribution in [2.45, 2.75) is 11.8 Å². The van der Waals surface area contributed by atoms with Crippen molar-refractivity contribution < 1.29 is 16.0 Å². The van der Waals surface area contributed by atoms with E-state index in [9.17, 15) is 16.0 Å². The van der Waals surface area contributed by atoms with Crippen molar-refractivity contribution in [3.05, 3.63) is 53.8 Å². The van der Waals surface area contributed by atoms with Gasteiger partial charge in [0.25, 0.3) is 0 Å². The summed E-state index contributed by atoms with van der Waals surface area (Å²) in [5, 5.41) is 0. The molecule has 0 N–H and O–H groups in total. The Morgan fingerprint density at radius 3 is 2.17 bits per heavy atom. The van der Waals surface area contributed by atoms with Crippen molar-refractivity contribution in [2.24, 2.45) is 0 Å². The molecule has 0 heterocycles. The third-order valence-corrected chi connectivity index (χ3v) is 3.39. The van der Waals surface area contributed by atoms with Crippen LogP contribution in [0.3, 0.4) is 0 Å². The van der Waals surface area contributed by atoms with Gasteiger partial charge in [-0.2, -0.15) is 0 Å². The summed E-state index contributed by atoms with van der Waals surface area (Å²) < 4.78 is 51.3. The molecule has 0 fully saturated rings. The molecule has 2 aromatic rings. The van der Waals surface area contributed by atoms with E-state index in [1.54, 1.807) is 25.1 Å². The molecule has 0 spiro atoms. The van der Waals surface area contributed by atoms with E-state index < -0.39 is 21.9 Å². The SMILES string of the molecule is Cc1ccc(-c2cccc(S(F)(F)F)c2)cc1F. The van der Waals surface area contributed by atoms with Gasteiger partial charge in [-0.15, -0.1) is 11.7 Å². The molecular weight excluding hydrogens is 264 g/mol. The van der Waals surface area contributed by atoms with Gasteiger partial charge in [-0.05, 0) is 41.8 Å². The Hall–Kier alpha value is -1.49. The van der Waals surface area contributed by atoms with Gasteiger partial charge in [0.15, 0.2) is 0 Å². The van der Waals surface area contributed by atoms with Crippen molar-refractivity contribution in [1.29, 1.82) is 0 Å². The maximum Gasteiger partial charge on any atom is 0.237 e. The lowest BCUT2D eigenvalue weighted by atomic mass is 10.0. The summed E-state index contributed by atoms with van der Waals surface area (Å²) in [7, 11) is 0. The van der Waals surface area contributed by atoms with Crippen molar-refractivity contribution >= 4 is 11.2 Å². The minimum atomic E-state index is -5.25. The molecule has 0 saturated heterocycles. The summed E-state index contributed by atoms with van der Waals surface area (Å²) in [6.45, 7) is 1.61. The smallest absolute Gasteiger partial charge is 0.207 e. The molecule has 96 valence electrons. The van der Waals surface area contributed by atoms with Gasteiger partial charge in [-0.1, -0.05) is 24.3 Å². The lowest BCUT2D eigenvalue weighted by Gasteiger charge is -2.11. The van der Waals surface area contributed by atoms with E-state index in [0.29, 0.717) is 16.7 Å². The highest BCUT2D eigenvalue weighted by Gasteiger charge is 2.24. The molecule has 0 bridgehead atoms. The molecule has 0 nitrogen and oxygen atoms in total. The van der Waals surface area contributed by atoms with Crippen LogP contribution in [-0.2, 0) is 0 Å². The molecular formula is C13H10F4S. The van der Waals surface area contributed by atoms with E-state index >= 15 is 0 Å². The van der Waals surface area contributed by atoms with Crippen LogP contribution in [0.15, 0.2) is 47.4 Å². The number of halogens is 4. The topological polar surface area (TPSA) is 0 Å². The Labute approximate surface area is 104 Å². The molecule has 0 saturated carbocycles. The van der Waals surface area contributed by atoms with Crippen molar-refractivity contribution in [2.75, 3.05) is 0 Å². The fraction of sp³-hybridized carbons (Fsp3) is 0.0769. The molecule has 0 aliphatic rings. The number of rotatable bonds is 2. The fourth-order valence-electron chi connectivity index (χ4n) is 1.59. The third-order valence-electron chi connectivity index (χ3n) is 2.61. The Morgan fingerprint density at radius 1 is 0.889 bits per heavy atom. The molecule has 0 atom stereocenters. The Bertz CT molecular complexity index is 575. The zero-order chi connectivity index (χ0) is 13.3. The average Bonchev–Trinajstić information content (AvgIpc) is 2.32. The first-order chi connectivity index (χ1) is 8.38. The van der Waals surface area contributed by atoms with Gasteiger partial charge in [-0.25, -0.2) is 4.39 Å². The van der Waals surface area contributed by atoms with Crippen molar-refractivity contribution in [1.82, 2.24) is 0 Å². The Kier molecular flexibility index (Phi) is 3.34. The first-order valence-electron chi connectivity index (χ1n) is 5.17. The molecule has 0 amide bonds. The maximum atomic E-state index is 13.4. The molecule has 0 aliphatic carbocycles. The minimum Gasteiger partial charge on any atom is -0.207 e. The number of aryl methyl sites for hydroxylation is 1. The molecule has 18 heavy (non-hydrogen) atoms. The van der Waals surface area contributed by atoms with Crippen LogP contribution in [0.2, 0.25) is 0 Å². The predicted molar refractivity (Wildman–Crippen MR) is 65.8 cm³/mol. The summed E-state index contributed by atoms with van der Waals surface area (Å²) in [5.41, 5.74) is 1.29. The van der Waals surface area contributed by atoms with Crippen LogP contribution in [0.4, 0.5) is 16.0 Å². The minimum absolute atomic E-state index is 0.372. The molecule has 0 unspecified atom stereocenters. The standard InChI is InChI=1S/C13H10F4S/c1-9-5-6-11(8-13(9)14)10-3-2-4-12(7-10)18(15,16)17/h2-8H,1H3. The number of benzene rings is 2. The summed E-state index contributed by atoms with van der Waals surface area (Å²) in [6, 6.07) is 9.38. The number of hydrogen-bond donors (Lipinski definition) is 0. The first-order valence-corrected chi connectivity index (χ1v) is 6.50. The van der Waals surface area contributed by atoms with Crippen LogP contribution in [0, 0.1) is 12.7 Å². The third kappa shape index (κ3) is 2.67. The normalized spacial score (nSPS) is 12.5. The van der Waals surface area contributed by atoms with Crippen LogP contribution in [-0.4, -0.2) is 0 Å². The second kappa shape index (κ2) is 4.65. The van der Waals surface area contributed by atoms with Gasteiger partial charge in [0.1, 0.15) is 5.82 Å². The van der Waals surface area contributed by atoms with E-state index in [1.165, 1.54) is 12.1 Å². The lowest BCUT2D eigenvalue weighted by Crippen LogP contribution is -1.86. The largest absolute Gasteiger partial charge is 0.237 e. The summed E-state index contributed by atoms with van der Waals surface area (Å²) in [4.78, 5) is -0.652. The lowest BCUT2D eigenvalue weighted by molar-refractivity contribution is 0.619. The zero-order valence-electron chi connectivity index (χ0n) is 9.46. The fourth-order valence-corrected chi connectivity index (χ4v) is 2.09. The van der Waals surface area contributed by atoms with E-state index in [4.69, 9.17) is 0 Å². The second-order valence-corrected chi connectivity index (χ2v) is 5.18. The predicted octanol–water partition coefficient (Wildman–Crippen LogP) is 5.62. The average molecular weight is 274 g/mol. The van der Waals surface area contributed by atoms with Crippen LogP contribution in [0.5, 0.6) is 0 Å². The van der Waals surface area contributed by atoms with Crippen molar-refractivity contribution in [3.63, 3.8) is 0 Å². The number of hydrogen-bond acceptors (Lipinski definition) is 0. The monoisotopic (exact) mass is 274 g/mol. The Morgan fingerprint density at radius 2 is 1.56 bits per heavy atom. The second-order valence-electron chi connectivity index (χ2n) is 3.90. The van der Waals surface area contributed by atoms with Crippen LogP contribution < -0.4 is 0 Å². The van der Waals surface area contributed by atoms with Crippen molar-refractivity contribution in [3.8, 4) is 11.1 Å². The molecule has 0 aliphatic heterocycles. The van der Waals surface area contributed by atoms with Crippen LogP contribution in [0.1, 0.15) is 5.56 Å². The Balaban J connectivity index is 2.48. The highest BCUT2D eigenvalue weighted by molar-refractivity contribution is 8.20. The highest BCUT2D eigenvalue weighted by atomic mass is 32.3. The van der Waals surface area contributed by atoms with E-state index in [1.807, 2.05) is 0 Å². The summed E-state index contributed by atoms with van der Waals surface area (Å²) in [6.07, 6.45) is 0. The van der Waals surface area contributed by atoms with Gasteiger partial charge in [0.05, 0.1) is 4.90 Å². The molecule has 0 aromatic heterocycles. The van der Waals surface area contributed by atoms with E-state index in [2.05, 4.69) is 0 Å². The van der Waals surface area contributed by atoms with E-state index in [0.717, 1.165) is 12.1 Å². The van der Waals surface area contributed by atoms with Crippen LogP contribution >= 0.6 is 11.2 Å². The summed E-state index contributed by atoms with van der Waals surface area (Å²) >= 11 is -5.25. The quantitative estimate of drug-likeness (QED) is 0.624. The maximum absolute atomic E-state index is 13.4. The highest BCUT2D eigenvalue weighted by Crippen LogP contribution is 2.60. The molecule has 2 rings (SSSR count).